The van der Waals surface area contributed by atoms with Crippen molar-refractivity contribution in [2.24, 2.45) is 5.92 Å². The minimum atomic E-state index is -0.875. The van der Waals surface area contributed by atoms with Crippen LogP contribution in [-0.2, 0) is 17.8 Å². The maximum atomic E-state index is 14.3. The molecular weight excluding hydrogens is 407 g/mol. The molecule has 1 aliphatic heterocycles. The Morgan fingerprint density at radius 2 is 1.97 bits per heavy atom. The van der Waals surface area contributed by atoms with Gasteiger partial charge in [0.15, 0.2) is 0 Å². The molecule has 1 heterocycles. The Balaban J connectivity index is 1.34. The number of hydrogen-bond acceptors (Lipinski definition) is 4. The lowest BCUT2D eigenvalue weighted by Gasteiger charge is -2.30. The molecule has 4 rings (SSSR count). The van der Waals surface area contributed by atoms with E-state index in [0.717, 1.165) is 44.2 Å². The number of rotatable bonds is 8. The number of hydrogen-bond donors (Lipinski definition) is 3. The number of carboxylic acid groups (broad SMARTS) is 1. The highest BCUT2D eigenvalue weighted by atomic mass is 19.1. The first-order valence-corrected chi connectivity index (χ1v) is 11.7. The summed E-state index contributed by atoms with van der Waals surface area (Å²) in [5, 5.41) is 15.3. The Labute approximate surface area is 189 Å². The zero-order valence-corrected chi connectivity index (χ0v) is 18.6. The molecular formula is C26H33FN2O3. The number of aliphatic carboxylic acids is 1. The number of halogens is 1. The molecule has 172 valence electrons. The van der Waals surface area contributed by atoms with Crippen molar-refractivity contribution in [3.8, 4) is 5.75 Å². The zero-order valence-electron chi connectivity index (χ0n) is 18.6. The van der Waals surface area contributed by atoms with Gasteiger partial charge in [-0.15, -0.1) is 0 Å². The van der Waals surface area contributed by atoms with Gasteiger partial charge in [-0.05, 0) is 79.8 Å². The fourth-order valence-corrected chi connectivity index (χ4v) is 5.28. The molecule has 1 saturated heterocycles. The fourth-order valence-electron chi connectivity index (χ4n) is 5.28. The van der Waals surface area contributed by atoms with Gasteiger partial charge in [-0.1, -0.05) is 24.3 Å². The van der Waals surface area contributed by atoms with Crippen molar-refractivity contribution < 1.29 is 19.0 Å². The van der Waals surface area contributed by atoms with Crippen LogP contribution in [0.15, 0.2) is 42.5 Å². The predicted molar refractivity (Wildman–Crippen MR) is 122 cm³/mol. The van der Waals surface area contributed by atoms with Gasteiger partial charge in [0.05, 0.1) is 0 Å². The van der Waals surface area contributed by atoms with E-state index in [1.54, 1.807) is 6.07 Å². The molecule has 0 spiro atoms. The van der Waals surface area contributed by atoms with Gasteiger partial charge in [0.2, 0.25) is 0 Å². The number of carboxylic acids is 1. The van der Waals surface area contributed by atoms with Gasteiger partial charge in [-0.3, -0.25) is 4.79 Å². The number of nitrogens with one attached hydrogen (secondary N) is 2. The quantitative estimate of drug-likeness (QED) is 0.572. The summed E-state index contributed by atoms with van der Waals surface area (Å²) in [6.45, 7) is 1.35. The molecule has 2 atom stereocenters. The summed E-state index contributed by atoms with van der Waals surface area (Å²) in [7, 11) is 1.98. The van der Waals surface area contributed by atoms with E-state index >= 15 is 0 Å². The molecule has 5 nitrogen and oxygen atoms in total. The van der Waals surface area contributed by atoms with Crippen LogP contribution in [0.2, 0.25) is 0 Å². The maximum absolute atomic E-state index is 14.3. The van der Waals surface area contributed by atoms with Gasteiger partial charge in [0.1, 0.15) is 23.7 Å². The molecule has 6 heteroatoms. The Hall–Kier alpha value is -2.44. The molecule has 0 bridgehead atoms. The van der Waals surface area contributed by atoms with Gasteiger partial charge in [0.25, 0.3) is 0 Å². The lowest BCUT2D eigenvalue weighted by molar-refractivity contribution is -0.139. The highest BCUT2D eigenvalue weighted by Crippen LogP contribution is 2.38. The van der Waals surface area contributed by atoms with E-state index in [1.807, 2.05) is 13.1 Å². The molecule has 2 aromatic carbocycles. The standard InChI is InChI=1S/C26H33FN2O3/c1-28-15-20-4-2-3-5-24(20)19-8-6-17(7-9-19)10-18-11-21(27)13-22(12-18)32-23-14-25(26(30)31)29-16-23/h2-5,11-13,17,19,23,25,28-29H,6-10,14-16H2,1H3,(H,30,31)/t17?,19?,23-,25-/m0/s1. The van der Waals surface area contributed by atoms with E-state index in [1.165, 1.54) is 17.2 Å². The van der Waals surface area contributed by atoms with E-state index in [4.69, 9.17) is 9.84 Å². The molecule has 0 radical (unpaired) electrons. The third-order valence-electron chi connectivity index (χ3n) is 6.86. The van der Waals surface area contributed by atoms with Crippen LogP contribution in [0.5, 0.6) is 5.75 Å². The van der Waals surface area contributed by atoms with Crippen molar-refractivity contribution in [3.63, 3.8) is 0 Å². The topological polar surface area (TPSA) is 70.6 Å². The minimum Gasteiger partial charge on any atom is -0.489 e. The monoisotopic (exact) mass is 440 g/mol. The van der Waals surface area contributed by atoms with Gasteiger partial charge < -0.3 is 20.5 Å². The first kappa shape index (κ1) is 22.7. The number of benzene rings is 2. The molecule has 1 saturated carbocycles. The van der Waals surface area contributed by atoms with E-state index < -0.39 is 12.0 Å². The van der Waals surface area contributed by atoms with E-state index in [0.29, 0.717) is 30.6 Å². The maximum Gasteiger partial charge on any atom is 0.320 e. The first-order chi connectivity index (χ1) is 15.5. The average Bonchev–Trinajstić information content (AvgIpc) is 3.23. The molecule has 2 fully saturated rings. The van der Waals surface area contributed by atoms with Crippen molar-refractivity contribution in [2.75, 3.05) is 13.6 Å². The van der Waals surface area contributed by atoms with Crippen molar-refractivity contribution in [2.45, 2.75) is 63.1 Å². The molecule has 0 aromatic heterocycles. The van der Waals surface area contributed by atoms with Gasteiger partial charge in [-0.25, -0.2) is 4.39 Å². The lowest BCUT2D eigenvalue weighted by atomic mass is 9.75. The summed E-state index contributed by atoms with van der Waals surface area (Å²) in [6, 6.07) is 13.0. The van der Waals surface area contributed by atoms with Crippen molar-refractivity contribution in [1.29, 1.82) is 0 Å². The normalized spacial score (nSPS) is 25.6. The average molecular weight is 441 g/mol. The molecule has 2 aromatic rings. The predicted octanol–water partition coefficient (Wildman–Crippen LogP) is 4.26. The molecule has 2 aliphatic rings. The van der Waals surface area contributed by atoms with Crippen LogP contribution >= 0.6 is 0 Å². The Bertz CT molecular complexity index is 927. The largest absolute Gasteiger partial charge is 0.489 e. The zero-order chi connectivity index (χ0) is 22.5. The first-order valence-electron chi connectivity index (χ1n) is 11.7. The van der Waals surface area contributed by atoms with Crippen LogP contribution in [0.25, 0.3) is 0 Å². The summed E-state index contributed by atoms with van der Waals surface area (Å²) in [6.07, 6.45) is 5.58. The summed E-state index contributed by atoms with van der Waals surface area (Å²) in [4.78, 5) is 11.1. The van der Waals surface area contributed by atoms with Crippen LogP contribution in [0.4, 0.5) is 4.39 Å². The summed E-state index contributed by atoms with van der Waals surface area (Å²) in [5.74, 6) is 0.460. The van der Waals surface area contributed by atoms with Crippen molar-refractivity contribution in [3.05, 3.63) is 65.0 Å². The van der Waals surface area contributed by atoms with Gasteiger partial charge in [0, 0.05) is 25.6 Å². The van der Waals surface area contributed by atoms with Crippen LogP contribution < -0.4 is 15.4 Å². The Morgan fingerprint density at radius 1 is 1.19 bits per heavy atom. The van der Waals surface area contributed by atoms with E-state index in [-0.39, 0.29) is 11.9 Å². The van der Waals surface area contributed by atoms with Crippen LogP contribution in [0, 0.1) is 11.7 Å². The van der Waals surface area contributed by atoms with Gasteiger partial charge in [-0.2, -0.15) is 0 Å². The summed E-state index contributed by atoms with van der Waals surface area (Å²) >= 11 is 0. The number of carbonyl (C=O) groups is 1. The van der Waals surface area contributed by atoms with Crippen LogP contribution in [0.1, 0.15) is 54.7 Å². The van der Waals surface area contributed by atoms with E-state index in [9.17, 15) is 9.18 Å². The third kappa shape index (κ3) is 5.67. The smallest absolute Gasteiger partial charge is 0.320 e. The molecule has 0 amide bonds. The third-order valence-corrected chi connectivity index (χ3v) is 6.86. The highest BCUT2D eigenvalue weighted by molar-refractivity contribution is 5.73. The Kier molecular flexibility index (Phi) is 7.43. The van der Waals surface area contributed by atoms with E-state index in [2.05, 4.69) is 34.9 Å². The minimum absolute atomic E-state index is 0.251. The summed E-state index contributed by atoms with van der Waals surface area (Å²) in [5.41, 5.74) is 3.81. The van der Waals surface area contributed by atoms with Crippen LogP contribution in [-0.4, -0.2) is 36.8 Å². The van der Waals surface area contributed by atoms with Crippen molar-refractivity contribution in [1.82, 2.24) is 10.6 Å². The molecule has 3 N–H and O–H groups in total. The lowest BCUT2D eigenvalue weighted by Crippen LogP contribution is -2.30. The summed E-state index contributed by atoms with van der Waals surface area (Å²) < 4.78 is 20.2. The van der Waals surface area contributed by atoms with Gasteiger partial charge >= 0.3 is 5.97 Å². The SMILES string of the molecule is CNCc1ccccc1C1CCC(Cc2cc(F)cc(O[C@@H]3CN[C@H](C(=O)O)C3)c2)CC1. The molecule has 0 unspecified atom stereocenters. The fraction of sp³-hybridized carbons (Fsp3) is 0.500. The Morgan fingerprint density at radius 3 is 2.69 bits per heavy atom. The molecule has 32 heavy (non-hydrogen) atoms. The van der Waals surface area contributed by atoms with Crippen molar-refractivity contribution >= 4 is 5.97 Å². The molecule has 1 aliphatic carbocycles. The second kappa shape index (κ2) is 10.5. The second-order valence-electron chi connectivity index (χ2n) is 9.22. The highest BCUT2D eigenvalue weighted by Gasteiger charge is 2.30. The van der Waals surface area contributed by atoms with Crippen LogP contribution in [0.3, 0.4) is 0 Å². The number of ether oxygens (including phenoxy) is 1. The second-order valence-corrected chi connectivity index (χ2v) is 9.22.